The van der Waals surface area contributed by atoms with Gasteiger partial charge in [-0.15, -0.1) is 0 Å². The molecule has 1 aliphatic heterocycles. The average molecular weight is 304 g/mol. The van der Waals surface area contributed by atoms with Gasteiger partial charge in [0, 0.05) is 32.7 Å². The van der Waals surface area contributed by atoms with Gasteiger partial charge in [0.1, 0.15) is 0 Å². The zero-order valence-electron chi connectivity index (χ0n) is 13.5. The molecule has 0 bridgehead atoms. The first kappa shape index (κ1) is 18.1. The normalized spacial score (nSPS) is 18.5. The minimum Gasteiger partial charge on any atom is -0.356 e. The summed E-state index contributed by atoms with van der Waals surface area (Å²) >= 11 is 0. The van der Waals surface area contributed by atoms with Crippen LogP contribution >= 0.6 is 0 Å². The quantitative estimate of drug-likeness (QED) is 0.560. The van der Waals surface area contributed by atoms with Crippen LogP contribution in [0.25, 0.3) is 0 Å². The van der Waals surface area contributed by atoms with Crippen molar-refractivity contribution in [2.45, 2.75) is 52.0 Å². The molecule has 0 amide bonds. The second-order valence-electron chi connectivity index (χ2n) is 5.75. The van der Waals surface area contributed by atoms with Gasteiger partial charge in [-0.25, -0.2) is 8.78 Å². The molecule has 4 nitrogen and oxygen atoms in total. The van der Waals surface area contributed by atoms with Crippen molar-refractivity contribution in [1.29, 1.82) is 0 Å². The van der Waals surface area contributed by atoms with E-state index in [0.29, 0.717) is 12.0 Å². The van der Waals surface area contributed by atoms with Crippen molar-refractivity contribution in [2.24, 2.45) is 10.9 Å². The molecule has 1 rings (SSSR count). The number of halogens is 2. The monoisotopic (exact) mass is 304 g/mol. The Balaban J connectivity index is 2.29. The maximum Gasteiger partial charge on any atom is 0.251 e. The van der Waals surface area contributed by atoms with Crippen molar-refractivity contribution >= 4 is 5.96 Å². The second-order valence-corrected chi connectivity index (χ2v) is 5.75. The van der Waals surface area contributed by atoms with Crippen molar-refractivity contribution in [1.82, 2.24) is 15.5 Å². The van der Waals surface area contributed by atoms with Gasteiger partial charge in [-0.2, -0.15) is 0 Å². The fourth-order valence-corrected chi connectivity index (χ4v) is 2.66. The van der Waals surface area contributed by atoms with E-state index in [-0.39, 0.29) is 6.54 Å². The van der Waals surface area contributed by atoms with Crippen molar-refractivity contribution in [3.8, 4) is 0 Å². The maximum atomic E-state index is 12.3. The molecule has 0 atom stereocenters. The third kappa shape index (κ3) is 7.07. The number of hydrogen-bond acceptors (Lipinski definition) is 2. The molecule has 0 aromatic heterocycles. The Hall–Kier alpha value is -0.910. The molecule has 1 heterocycles. The molecule has 21 heavy (non-hydrogen) atoms. The Labute approximate surface area is 127 Å². The highest BCUT2D eigenvalue weighted by Gasteiger charge is 2.22. The molecule has 0 radical (unpaired) electrons. The summed E-state index contributed by atoms with van der Waals surface area (Å²) in [5.74, 6) is 1.49. The summed E-state index contributed by atoms with van der Waals surface area (Å²) in [4.78, 5) is 6.09. The Morgan fingerprint density at radius 3 is 2.33 bits per heavy atom. The van der Waals surface area contributed by atoms with Gasteiger partial charge in [0.15, 0.2) is 5.96 Å². The van der Waals surface area contributed by atoms with Crippen molar-refractivity contribution in [3.05, 3.63) is 0 Å². The first-order valence-electron chi connectivity index (χ1n) is 8.06. The van der Waals surface area contributed by atoms with E-state index in [1.807, 2.05) is 4.90 Å². The van der Waals surface area contributed by atoms with E-state index in [0.717, 1.165) is 51.3 Å². The molecule has 1 aliphatic rings. The molecule has 0 spiro atoms. The van der Waals surface area contributed by atoms with Gasteiger partial charge in [-0.3, -0.25) is 9.89 Å². The number of alkyl halides is 2. The fourth-order valence-electron chi connectivity index (χ4n) is 2.66. The van der Waals surface area contributed by atoms with E-state index in [1.54, 1.807) is 7.05 Å². The molecule has 0 aromatic rings. The fraction of sp³-hybridized carbons (Fsp3) is 0.933. The number of piperidine rings is 1. The molecular weight excluding hydrogens is 274 g/mol. The van der Waals surface area contributed by atoms with Crippen molar-refractivity contribution in [3.63, 3.8) is 0 Å². The minimum atomic E-state index is -2.23. The zero-order chi connectivity index (χ0) is 15.7. The van der Waals surface area contributed by atoms with Crippen LogP contribution in [-0.2, 0) is 0 Å². The highest BCUT2D eigenvalue weighted by Crippen LogP contribution is 2.12. The Morgan fingerprint density at radius 2 is 1.86 bits per heavy atom. The summed E-state index contributed by atoms with van der Waals surface area (Å²) < 4.78 is 24.7. The predicted molar refractivity (Wildman–Crippen MR) is 84.0 cm³/mol. The Morgan fingerprint density at radius 1 is 1.24 bits per heavy atom. The number of nitrogens with zero attached hydrogens (tertiary/aromatic N) is 2. The van der Waals surface area contributed by atoms with Crippen molar-refractivity contribution < 1.29 is 8.78 Å². The lowest BCUT2D eigenvalue weighted by molar-refractivity contribution is 0.0744. The Bertz CT molecular complexity index is 298. The van der Waals surface area contributed by atoms with Crippen LogP contribution in [0.1, 0.15) is 39.5 Å². The summed E-state index contributed by atoms with van der Waals surface area (Å²) in [5.41, 5.74) is 0. The van der Waals surface area contributed by atoms with Crippen LogP contribution in [0.2, 0.25) is 0 Å². The summed E-state index contributed by atoms with van der Waals surface area (Å²) in [6.45, 7) is 6.68. The summed E-state index contributed by atoms with van der Waals surface area (Å²) in [6.07, 6.45) is 1.86. The zero-order valence-corrected chi connectivity index (χ0v) is 13.5. The smallest absolute Gasteiger partial charge is 0.251 e. The number of rotatable bonds is 7. The van der Waals surface area contributed by atoms with Gasteiger partial charge in [-0.1, -0.05) is 26.7 Å². The molecule has 124 valence electrons. The number of guanidine groups is 1. The van der Waals surface area contributed by atoms with Gasteiger partial charge < -0.3 is 10.6 Å². The van der Waals surface area contributed by atoms with Gasteiger partial charge in [0.25, 0.3) is 6.43 Å². The number of nitrogens with one attached hydrogen (secondary N) is 2. The highest BCUT2D eigenvalue weighted by molar-refractivity contribution is 5.79. The topological polar surface area (TPSA) is 39.7 Å². The van der Waals surface area contributed by atoms with Crippen molar-refractivity contribution in [2.75, 3.05) is 33.2 Å². The number of hydrogen-bond donors (Lipinski definition) is 2. The lowest BCUT2D eigenvalue weighted by atomic mass is 10.0. The van der Waals surface area contributed by atoms with Crippen LogP contribution in [0, 0.1) is 5.92 Å². The largest absolute Gasteiger partial charge is 0.356 e. The summed E-state index contributed by atoms with van der Waals surface area (Å²) in [6, 6.07) is 0.326. The highest BCUT2D eigenvalue weighted by atomic mass is 19.3. The molecule has 0 unspecified atom stereocenters. The van der Waals surface area contributed by atoms with E-state index in [9.17, 15) is 8.78 Å². The van der Waals surface area contributed by atoms with Crippen LogP contribution in [0.4, 0.5) is 8.78 Å². The average Bonchev–Trinajstić information content (AvgIpc) is 2.48. The van der Waals surface area contributed by atoms with E-state index in [2.05, 4.69) is 29.5 Å². The van der Waals surface area contributed by atoms with E-state index in [1.165, 1.54) is 0 Å². The number of likely N-dealkylation sites (tertiary alicyclic amines) is 1. The maximum absolute atomic E-state index is 12.3. The molecule has 1 saturated heterocycles. The SMILES string of the molecule is CCC(CC)CNC(=NC)NC1CCN(CC(F)F)CC1. The van der Waals surface area contributed by atoms with Crippen LogP contribution in [0.3, 0.4) is 0 Å². The van der Waals surface area contributed by atoms with Crippen LogP contribution in [0.5, 0.6) is 0 Å². The summed E-state index contributed by atoms with van der Waals surface area (Å²) in [5, 5.41) is 6.78. The Kier molecular flexibility index (Phi) is 8.57. The van der Waals surface area contributed by atoms with Gasteiger partial charge >= 0.3 is 0 Å². The molecule has 0 aromatic carbocycles. The van der Waals surface area contributed by atoms with E-state index in [4.69, 9.17) is 0 Å². The van der Waals surface area contributed by atoms with E-state index < -0.39 is 6.43 Å². The molecule has 1 fully saturated rings. The lowest BCUT2D eigenvalue weighted by Crippen LogP contribution is -2.49. The molecule has 0 aliphatic carbocycles. The van der Waals surface area contributed by atoms with Gasteiger partial charge in [0.05, 0.1) is 6.54 Å². The summed E-state index contributed by atoms with van der Waals surface area (Å²) in [7, 11) is 1.77. The van der Waals surface area contributed by atoms with Crippen LogP contribution < -0.4 is 10.6 Å². The third-order valence-electron chi connectivity index (χ3n) is 4.26. The molecule has 6 heteroatoms. The van der Waals surface area contributed by atoms with Gasteiger partial charge in [-0.05, 0) is 18.8 Å². The first-order chi connectivity index (χ1) is 10.1. The molecular formula is C15H30F2N4. The third-order valence-corrected chi connectivity index (χ3v) is 4.26. The van der Waals surface area contributed by atoms with Crippen LogP contribution in [0.15, 0.2) is 4.99 Å². The second kappa shape index (κ2) is 9.92. The minimum absolute atomic E-state index is 0.103. The first-order valence-corrected chi connectivity index (χ1v) is 8.06. The van der Waals surface area contributed by atoms with Crippen LogP contribution in [-0.4, -0.2) is 56.6 Å². The number of aliphatic imine (C=N–C) groups is 1. The lowest BCUT2D eigenvalue weighted by Gasteiger charge is -2.33. The van der Waals surface area contributed by atoms with Gasteiger partial charge in [0.2, 0.25) is 0 Å². The molecule has 0 saturated carbocycles. The van der Waals surface area contributed by atoms with E-state index >= 15 is 0 Å². The standard InChI is InChI=1S/C15H30F2N4/c1-4-12(5-2)10-19-15(18-3)20-13-6-8-21(9-7-13)11-14(16)17/h12-14H,4-11H2,1-3H3,(H2,18,19,20). The predicted octanol–water partition coefficient (Wildman–Crippen LogP) is 2.32. The molecule has 2 N–H and O–H groups in total.